The fourth-order valence-corrected chi connectivity index (χ4v) is 2.99. The second kappa shape index (κ2) is 6.67. The molecule has 134 valence electrons. The van der Waals surface area contributed by atoms with Gasteiger partial charge in [-0.15, -0.1) is 0 Å². The van der Waals surface area contributed by atoms with Crippen molar-refractivity contribution in [3.8, 4) is 5.75 Å². The minimum atomic E-state index is -0.422. The van der Waals surface area contributed by atoms with Gasteiger partial charge in [0, 0.05) is 37.0 Å². The van der Waals surface area contributed by atoms with Crippen LogP contribution in [0.2, 0.25) is 0 Å². The van der Waals surface area contributed by atoms with E-state index in [0.717, 1.165) is 24.1 Å². The molecule has 4 rings (SSSR count). The highest BCUT2D eigenvalue weighted by Crippen LogP contribution is 2.40. The van der Waals surface area contributed by atoms with Gasteiger partial charge in [-0.25, -0.2) is 9.78 Å². The molecule has 7 nitrogen and oxygen atoms in total. The highest BCUT2D eigenvalue weighted by Gasteiger charge is 2.35. The van der Waals surface area contributed by atoms with Crippen molar-refractivity contribution in [3.63, 3.8) is 0 Å². The average Bonchev–Trinajstić information content (AvgIpc) is 3.39. The van der Waals surface area contributed by atoms with Crippen molar-refractivity contribution in [2.75, 3.05) is 6.61 Å². The molecule has 1 atom stereocenters. The van der Waals surface area contributed by atoms with Crippen molar-refractivity contribution in [2.24, 2.45) is 13.0 Å². The van der Waals surface area contributed by atoms with Crippen LogP contribution in [0, 0.1) is 5.92 Å². The van der Waals surface area contributed by atoms with Crippen molar-refractivity contribution in [1.82, 2.24) is 14.9 Å². The molecule has 1 saturated carbocycles. The van der Waals surface area contributed by atoms with Crippen LogP contribution in [0.5, 0.6) is 5.75 Å². The smallest absolute Gasteiger partial charge is 0.336 e. The van der Waals surface area contributed by atoms with Gasteiger partial charge in [-0.2, -0.15) is 0 Å². The van der Waals surface area contributed by atoms with E-state index in [9.17, 15) is 9.59 Å². The zero-order chi connectivity index (χ0) is 18.1. The summed E-state index contributed by atoms with van der Waals surface area (Å²) in [7, 11) is 1.92. The predicted molar refractivity (Wildman–Crippen MR) is 94.8 cm³/mol. The molecule has 0 spiro atoms. The lowest BCUT2D eigenvalue weighted by molar-refractivity contribution is -0.124. The Bertz CT molecular complexity index is 1000. The number of benzene rings is 1. The van der Waals surface area contributed by atoms with Gasteiger partial charge in [0.2, 0.25) is 0 Å². The summed E-state index contributed by atoms with van der Waals surface area (Å²) in [4.78, 5) is 28.0. The molecule has 1 N–H and O–H groups in total. The molecule has 1 aliphatic carbocycles. The quantitative estimate of drug-likeness (QED) is 0.687. The Labute approximate surface area is 149 Å². The summed E-state index contributed by atoms with van der Waals surface area (Å²) >= 11 is 0. The molecule has 1 fully saturated rings. The number of rotatable bonds is 6. The number of carbonyl (C=O) groups excluding carboxylic acids is 1. The zero-order valence-corrected chi connectivity index (χ0v) is 14.3. The molecule has 0 radical (unpaired) electrons. The normalized spacial score (nSPS) is 15.0. The fourth-order valence-electron chi connectivity index (χ4n) is 2.99. The Morgan fingerprint density at radius 3 is 2.92 bits per heavy atom. The molecule has 2 heterocycles. The molecule has 7 heteroatoms. The predicted octanol–water partition coefficient (Wildman–Crippen LogP) is 2.17. The maximum absolute atomic E-state index is 12.3. The Kier molecular flexibility index (Phi) is 4.20. The van der Waals surface area contributed by atoms with E-state index in [1.807, 2.05) is 17.8 Å². The minimum Gasteiger partial charge on any atom is -0.484 e. The minimum absolute atomic E-state index is 0.0966. The van der Waals surface area contributed by atoms with E-state index >= 15 is 0 Å². The summed E-state index contributed by atoms with van der Waals surface area (Å²) < 4.78 is 12.6. The van der Waals surface area contributed by atoms with Gasteiger partial charge in [0.15, 0.2) is 6.61 Å². The number of fused-ring (bicyclic) bond motifs is 1. The van der Waals surface area contributed by atoms with Crippen LogP contribution in [0.3, 0.4) is 0 Å². The number of ether oxygens (including phenoxy) is 1. The van der Waals surface area contributed by atoms with E-state index < -0.39 is 5.63 Å². The molecule has 0 saturated heterocycles. The number of hydrogen-bond donors (Lipinski definition) is 1. The van der Waals surface area contributed by atoms with Gasteiger partial charge in [0.1, 0.15) is 17.2 Å². The lowest BCUT2D eigenvalue weighted by Gasteiger charge is -2.18. The first-order valence-electron chi connectivity index (χ1n) is 8.53. The van der Waals surface area contributed by atoms with Crippen LogP contribution in [-0.2, 0) is 11.8 Å². The maximum atomic E-state index is 12.3. The fraction of sp³-hybridized carbons (Fsp3) is 0.316. The lowest BCUT2D eigenvalue weighted by atomic mass is 10.1. The van der Waals surface area contributed by atoms with Crippen LogP contribution in [-0.4, -0.2) is 22.1 Å². The van der Waals surface area contributed by atoms with E-state index in [-0.39, 0.29) is 18.6 Å². The second-order valence-corrected chi connectivity index (χ2v) is 6.52. The van der Waals surface area contributed by atoms with E-state index in [2.05, 4.69) is 10.3 Å². The molecule has 1 amide bonds. The van der Waals surface area contributed by atoms with Gasteiger partial charge in [-0.1, -0.05) is 0 Å². The SMILES string of the molecule is Cn1ccnc1C(NC(=O)COc1ccc2ccc(=O)oc2c1)C1CC1. The highest BCUT2D eigenvalue weighted by molar-refractivity contribution is 5.79. The van der Waals surface area contributed by atoms with Gasteiger partial charge in [-0.3, -0.25) is 4.79 Å². The maximum Gasteiger partial charge on any atom is 0.336 e. The topological polar surface area (TPSA) is 86.4 Å². The van der Waals surface area contributed by atoms with Crippen LogP contribution in [0.25, 0.3) is 11.0 Å². The van der Waals surface area contributed by atoms with Crippen LogP contribution >= 0.6 is 0 Å². The number of amides is 1. The molecule has 1 aromatic carbocycles. The van der Waals surface area contributed by atoms with Gasteiger partial charge in [0.25, 0.3) is 5.91 Å². The molecule has 0 bridgehead atoms. The number of nitrogens with one attached hydrogen (secondary N) is 1. The standard InChI is InChI=1S/C19H19N3O4/c1-22-9-8-20-19(22)18(13-2-3-13)21-16(23)11-25-14-6-4-12-5-7-17(24)26-15(12)10-14/h4-10,13,18H,2-3,11H2,1H3,(H,21,23). The monoisotopic (exact) mass is 353 g/mol. The lowest BCUT2D eigenvalue weighted by Crippen LogP contribution is -2.35. The van der Waals surface area contributed by atoms with Crippen molar-refractivity contribution < 1.29 is 13.9 Å². The van der Waals surface area contributed by atoms with Crippen molar-refractivity contribution in [1.29, 1.82) is 0 Å². The van der Waals surface area contributed by atoms with Crippen molar-refractivity contribution >= 4 is 16.9 Å². The van der Waals surface area contributed by atoms with Gasteiger partial charge in [0.05, 0.1) is 6.04 Å². The Balaban J connectivity index is 1.42. The van der Waals surface area contributed by atoms with E-state index in [0.29, 0.717) is 17.3 Å². The third-order valence-electron chi connectivity index (χ3n) is 4.51. The molecular formula is C19H19N3O4. The van der Waals surface area contributed by atoms with E-state index in [1.165, 1.54) is 6.07 Å². The molecular weight excluding hydrogens is 334 g/mol. The van der Waals surface area contributed by atoms with E-state index in [4.69, 9.17) is 9.15 Å². The summed E-state index contributed by atoms with van der Waals surface area (Å²) in [6.45, 7) is -0.115. The van der Waals surface area contributed by atoms with E-state index in [1.54, 1.807) is 30.5 Å². The number of aromatic nitrogens is 2. The van der Waals surface area contributed by atoms with Crippen molar-refractivity contribution in [2.45, 2.75) is 18.9 Å². The van der Waals surface area contributed by atoms with Crippen LogP contribution in [0.15, 0.2) is 51.9 Å². The number of imidazole rings is 1. The third-order valence-corrected chi connectivity index (χ3v) is 4.51. The summed E-state index contributed by atoms with van der Waals surface area (Å²) in [6.07, 6.45) is 5.77. The van der Waals surface area contributed by atoms with Gasteiger partial charge < -0.3 is 19.0 Å². The number of aryl methyl sites for hydroxylation is 1. The molecule has 2 aromatic heterocycles. The average molecular weight is 353 g/mol. The number of carbonyl (C=O) groups is 1. The summed E-state index contributed by atoms with van der Waals surface area (Å²) in [6, 6.07) is 8.09. The van der Waals surface area contributed by atoms with Crippen LogP contribution in [0.4, 0.5) is 0 Å². The Morgan fingerprint density at radius 2 is 2.19 bits per heavy atom. The largest absolute Gasteiger partial charge is 0.484 e. The van der Waals surface area contributed by atoms with Crippen LogP contribution in [0.1, 0.15) is 24.7 Å². The third kappa shape index (κ3) is 3.46. The number of nitrogens with zero attached hydrogens (tertiary/aromatic N) is 2. The zero-order valence-electron chi connectivity index (χ0n) is 14.3. The Morgan fingerprint density at radius 1 is 1.38 bits per heavy atom. The first-order valence-corrected chi connectivity index (χ1v) is 8.53. The molecule has 3 aromatic rings. The van der Waals surface area contributed by atoms with Gasteiger partial charge in [-0.05, 0) is 37.0 Å². The van der Waals surface area contributed by atoms with Crippen molar-refractivity contribution in [3.05, 3.63) is 59.0 Å². The Hall–Kier alpha value is -3.09. The highest BCUT2D eigenvalue weighted by atomic mass is 16.5. The van der Waals surface area contributed by atoms with Gasteiger partial charge >= 0.3 is 5.63 Å². The summed E-state index contributed by atoms with van der Waals surface area (Å²) in [5.41, 5.74) is 0.00834. The molecule has 1 aliphatic rings. The van der Waals surface area contributed by atoms with Crippen LogP contribution < -0.4 is 15.7 Å². The summed E-state index contributed by atoms with van der Waals surface area (Å²) in [5.74, 6) is 1.55. The first kappa shape index (κ1) is 16.4. The molecule has 0 aliphatic heterocycles. The first-order chi connectivity index (χ1) is 12.6. The summed E-state index contributed by atoms with van der Waals surface area (Å²) in [5, 5.41) is 3.81. The number of hydrogen-bond acceptors (Lipinski definition) is 5. The second-order valence-electron chi connectivity index (χ2n) is 6.52. The molecule has 1 unspecified atom stereocenters. The molecule has 26 heavy (non-hydrogen) atoms.